The first-order valence-corrected chi connectivity index (χ1v) is 4.99. The number of thioether (sulfide) groups is 1. The Kier molecular flexibility index (Phi) is 2.62. The standard InChI is InChI=1S/C5H5BrN2O4S/c1-3-4(7(9)10)2-13-5(3,6)8(11)12/h2H2,1H3. The molecule has 0 aromatic heterocycles. The Morgan fingerprint density at radius 2 is 2.08 bits per heavy atom. The fourth-order valence-corrected chi connectivity index (χ4v) is 2.60. The molecule has 72 valence electrons. The molecule has 8 heteroatoms. The van der Waals surface area contributed by atoms with Crippen molar-refractivity contribution in [3.8, 4) is 0 Å². The second-order valence-electron chi connectivity index (χ2n) is 2.44. The van der Waals surface area contributed by atoms with E-state index in [1.165, 1.54) is 6.92 Å². The lowest BCUT2D eigenvalue weighted by Gasteiger charge is -2.10. The molecule has 0 aromatic carbocycles. The second kappa shape index (κ2) is 3.26. The average molecular weight is 269 g/mol. The summed E-state index contributed by atoms with van der Waals surface area (Å²) >= 11 is 3.79. The van der Waals surface area contributed by atoms with Crippen LogP contribution in [0.5, 0.6) is 0 Å². The van der Waals surface area contributed by atoms with E-state index in [0.29, 0.717) is 0 Å². The summed E-state index contributed by atoms with van der Waals surface area (Å²) in [6.07, 6.45) is 0. The van der Waals surface area contributed by atoms with Crippen molar-refractivity contribution in [1.29, 1.82) is 0 Å². The average Bonchev–Trinajstić information content (AvgIpc) is 2.30. The van der Waals surface area contributed by atoms with Gasteiger partial charge in [-0.1, -0.05) is 11.8 Å². The molecule has 1 atom stereocenters. The van der Waals surface area contributed by atoms with Crippen LogP contribution in [0.15, 0.2) is 11.3 Å². The SMILES string of the molecule is CC1=C([N+](=O)[O-])CSC1(Br)[N+](=O)[O-]. The third-order valence-corrected chi connectivity index (χ3v) is 4.58. The molecule has 13 heavy (non-hydrogen) atoms. The first-order valence-electron chi connectivity index (χ1n) is 3.21. The summed E-state index contributed by atoms with van der Waals surface area (Å²) in [5.74, 6) is 0.0606. The lowest BCUT2D eigenvalue weighted by molar-refractivity contribution is -0.498. The van der Waals surface area contributed by atoms with Crippen molar-refractivity contribution >= 4 is 27.7 Å². The zero-order valence-corrected chi connectivity index (χ0v) is 8.92. The minimum absolute atomic E-state index is 0.0606. The van der Waals surface area contributed by atoms with E-state index in [0.717, 1.165) is 11.8 Å². The Morgan fingerprint density at radius 1 is 1.54 bits per heavy atom. The highest BCUT2D eigenvalue weighted by molar-refractivity contribution is 9.11. The van der Waals surface area contributed by atoms with Crippen molar-refractivity contribution in [3.05, 3.63) is 31.5 Å². The van der Waals surface area contributed by atoms with Gasteiger partial charge in [0.2, 0.25) is 0 Å². The topological polar surface area (TPSA) is 86.3 Å². The summed E-state index contributed by atoms with van der Waals surface area (Å²) in [7, 11) is 0. The van der Waals surface area contributed by atoms with Crippen molar-refractivity contribution in [2.45, 2.75) is 10.7 Å². The zero-order chi connectivity index (χ0) is 10.2. The molecule has 1 aliphatic heterocycles. The number of halogens is 1. The molecule has 0 aliphatic carbocycles. The maximum Gasteiger partial charge on any atom is 0.348 e. The molecule has 1 heterocycles. The summed E-state index contributed by atoms with van der Waals surface area (Å²) in [5, 5.41) is 21.0. The Balaban J connectivity index is 3.11. The van der Waals surface area contributed by atoms with Crippen LogP contribution >= 0.6 is 27.7 Å². The third-order valence-electron chi connectivity index (χ3n) is 1.75. The number of nitro groups is 2. The fraction of sp³-hybridized carbons (Fsp3) is 0.600. The van der Waals surface area contributed by atoms with E-state index in [2.05, 4.69) is 15.9 Å². The monoisotopic (exact) mass is 268 g/mol. The Hall–Kier alpha value is -0.630. The number of rotatable bonds is 2. The van der Waals surface area contributed by atoms with Crippen LogP contribution < -0.4 is 0 Å². The summed E-state index contributed by atoms with van der Waals surface area (Å²) in [6, 6.07) is 0. The van der Waals surface area contributed by atoms with E-state index in [4.69, 9.17) is 0 Å². The quantitative estimate of drug-likeness (QED) is 0.329. The van der Waals surface area contributed by atoms with Gasteiger partial charge in [-0.25, -0.2) is 0 Å². The van der Waals surface area contributed by atoms with Gasteiger partial charge in [-0.05, 0) is 6.92 Å². The molecule has 0 bridgehead atoms. The molecule has 6 nitrogen and oxygen atoms in total. The first-order chi connectivity index (χ1) is 5.89. The lowest BCUT2D eigenvalue weighted by atomic mass is 10.2. The van der Waals surface area contributed by atoms with E-state index >= 15 is 0 Å². The fourth-order valence-electron chi connectivity index (χ4n) is 0.938. The van der Waals surface area contributed by atoms with Gasteiger partial charge >= 0.3 is 3.78 Å². The van der Waals surface area contributed by atoms with Crippen molar-refractivity contribution in [3.63, 3.8) is 0 Å². The van der Waals surface area contributed by atoms with Crippen LogP contribution in [0.2, 0.25) is 0 Å². The van der Waals surface area contributed by atoms with Gasteiger partial charge in [0.15, 0.2) is 0 Å². The normalized spacial score (nSPS) is 27.8. The maximum atomic E-state index is 10.6. The number of hydrogen-bond donors (Lipinski definition) is 0. The molecule has 1 aliphatic rings. The van der Waals surface area contributed by atoms with Crippen LogP contribution in [0.1, 0.15) is 6.92 Å². The van der Waals surface area contributed by atoms with Crippen LogP contribution in [-0.2, 0) is 0 Å². The first kappa shape index (κ1) is 10.5. The number of hydrogen-bond acceptors (Lipinski definition) is 5. The predicted octanol–water partition coefficient (Wildman–Crippen LogP) is 1.61. The second-order valence-corrected chi connectivity index (χ2v) is 5.28. The van der Waals surface area contributed by atoms with Crippen LogP contribution in [0.4, 0.5) is 0 Å². The van der Waals surface area contributed by atoms with Gasteiger partial charge in [0.05, 0.1) is 21.2 Å². The highest BCUT2D eigenvalue weighted by Gasteiger charge is 2.52. The molecule has 0 saturated heterocycles. The largest absolute Gasteiger partial charge is 0.348 e. The Morgan fingerprint density at radius 3 is 2.31 bits per heavy atom. The van der Waals surface area contributed by atoms with E-state index < -0.39 is 13.6 Å². The summed E-state index contributed by atoms with van der Waals surface area (Å²) < 4.78 is -1.50. The highest BCUT2D eigenvalue weighted by atomic mass is 79.9. The molecule has 0 aromatic rings. The van der Waals surface area contributed by atoms with Gasteiger partial charge in [0, 0.05) is 15.9 Å². The van der Waals surface area contributed by atoms with Gasteiger partial charge in [-0.15, -0.1) is 0 Å². The molecule has 0 radical (unpaired) electrons. The molecule has 0 amide bonds. The van der Waals surface area contributed by atoms with Gasteiger partial charge in [0.25, 0.3) is 5.70 Å². The molecule has 0 spiro atoms. The van der Waals surface area contributed by atoms with Crippen LogP contribution in [0.25, 0.3) is 0 Å². The van der Waals surface area contributed by atoms with Crippen molar-refractivity contribution in [1.82, 2.24) is 0 Å². The van der Waals surface area contributed by atoms with Crippen LogP contribution in [-0.4, -0.2) is 19.4 Å². The van der Waals surface area contributed by atoms with E-state index in [-0.39, 0.29) is 17.0 Å². The number of alkyl halides is 1. The Labute approximate surface area is 85.8 Å². The number of nitrogens with zero attached hydrogens (tertiary/aromatic N) is 2. The van der Waals surface area contributed by atoms with Gasteiger partial charge in [-0.3, -0.25) is 20.2 Å². The van der Waals surface area contributed by atoms with E-state index in [1.807, 2.05) is 0 Å². The molecule has 0 N–H and O–H groups in total. The summed E-state index contributed by atoms with van der Waals surface area (Å²) in [5.41, 5.74) is 0.0751. The predicted molar refractivity (Wildman–Crippen MR) is 50.8 cm³/mol. The van der Waals surface area contributed by atoms with Gasteiger partial charge in [-0.2, -0.15) is 0 Å². The van der Waals surface area contributed by atoms with Gasteiger partial charge < -0.3 is 0 Å². The van der Waals surface area contributed by atoms with E-state index in [9.17, 15) is 20.2 Å². The van der Waals surface area contributed by atoms with Gasteiger partial charge in [0.1, 0.15) is 0 Å². The lowest BCUT2D eigenvalue weighted by Crippen LogP contribution is -2.26. The molecule has 1 rings (SSSR count). The zero-order valence-electron chi connectivity index (χ0n) is 6.52. The molecular formula is C5H5BrN2O4S. The molecule has 0 saturated carbocycles. The van der Waals surface area contributed by atoms with Crippen LogP contribution in [0.3, 0.4) is 0 Å². The van der Waals surface area contributed by atoms with Crippen molar-refractivity contribution in [2.75, 3.05) is 5.75 Å². The summed E-state index contributed by atoms with van der Waals surface area (Å²) in [4.78, 5) is 19.9. The molecular weight excluding hydrogens is 264 g/mol. The minimum Gasteiger partial charge on any atom is -0.262 e. The Bertz CT molecular complexity index is 318. The third kappa shape index (κ3) is 1.55. The smallest absolute Gasteiger partial charge is 0.262 e. The van der Waals surface area contributed by atoms with Crippen LogP contribution in [0, 0.1) is 20.2 Å². The van der Waals surface area contributed by atoms with Crippen molar-refractivity contribution in [2.24, 2.45) is 0 Å². The molecule has 0 fully saturated rings. The summed E-state index contributed by atoms with van der Waals surface area (Å²) in [6.45, 7) is 1.40. The minimum atomic E-state index is -1.50. The highest BCUT2D eigenvalue weighted by Crippen LogP contribution is 2.47. The molecule has 1 unspecified atom stereocenters. The maximum absolute atomic E-state index is 10.6. The van der Waals surface area contributed by atoms with E-state index in [1.54, 1.807) is 0 Å². The van der Waals surface area contributed by atoms with Crippen molar-refractivity contribution < 1.29 is 9.85 Å².